The largest absolute Gasteiger partial charge is 0.440 e. The first-order valence-corrected chi connectivity index (χ1v) is 10.9. The van der Waals surface area contributed by atoms with Gasteiger partial charge in [0.15, 0.2) is 0 Å². The van der Waals surface area contributed by atoms with Gasteiger partial charge >= 0.3 is 6.80 Å². The number of hydrogen-bond acceptors (Lipinski definition) is 6. The minimum atomic E-state index is -3.49. The molecule has 0 amide bonds. The molecule has 0 N–H and O–H groups in total. The van der Waals surface area contributed by atoms with E-state index in [-0.39, 0.29) is 11.5 Å². The Hall–Kier alpha value is -0.530. The van der Waals surface area contributed by atoms with E-state index in [1.807, 2.05) is 6.92 Å². The maximum absolute atomic E-state index is 12.4. The third-order valence-corrected chi connectivity index (χ3v) is 8.07. The van der Waals surface area contributed by atoms with Crippen molar-refractivity contribution in [3.8, 4) is 5.75 Å². The van der Waals surface area contributed by atoms with Crippen LogP contribution in [0.5, 0.6) is 5.75 Å². The van der Waals surface area contributed by atoms with Crippen LogP contribution in [0.2, 0.25) is 0 Å². The average Bonchev–Trinajstić information content (AvgIpc) is 2.39. The second-order valence-corrected chi connectivity index (χ2v) is 10.6. The van der Waals surface area contributed by atoms with Crippen molar-refractivity contribution in [2.75, 3.05) is 26.5 Å². The van der Waals surface area contributed by atoms with Crippen LogP contribution in [0.25, 0.3) is 0 Å². The van der Waals surface area contributed by atoms with E-state index in [4.69, 9.17) is 9.05 Å². The summed E-state index contributed by atoms with van der Waals surface area (Å²) in [5, 5.41) is 0. The van der Waals surface area contributed by atoms with Gasteiger partial charge in [-0.05, 0) is 42.6 Å². The monoisotopic (exact) mass is 353 g/mol. The molecule has 0 fully saturated rings. The summed E-state index contributed by atoms with van der Waals surface area (Å²) < 4.78 is 47.9. The molecular weight excluding hydrogens is 333 g/mol. The van der Waals surface area contributed by atoms with Crippen LogP contribution in [0.1, 0.15) is 13.8 Å². The van der Waals surface area contributed by atoms with Crippen LogP contribution in [0, 0.1) is 0 Å². The summed E-state index contributed by atoms with van der Waals surface area (Å²) >= 11 is 1.10. The number of benzene rings is 1. The van der Waals surface area contributed by atoms with Gasteiger partial charge in [-0.1, -0.05) is 6.92 Å². The molecule has 1 unspecified atom stereocenters. The van der Waals surface area contributed by atoms with Crippen LogP contribution >= 0.6 is 18.2 Å². The van der Waals surface area contributed by atoms with Crippen molar-refractivity contribution in [1.29, 1.82) is 0 Å². The molecule has 0 heterocycles. The molecule has 0 aliphatic carbocycles. The quantitative estimate of drug-likeness (QED) is 0.668. The Labute approximate surface area is 130 Å². The van der Waals surface area contributed by atoms with E-state index in [0.717, 1.165) is 15.7 Å². The lowest BCUT2D eigenvalue weighted by Crippen LogP contribution is -2.22. The number of rotatable bonds is 8. The third kappa shape index (κ3) is 5.00. The van der Waals surface area contributed by atoms with E-state index in [0.29, 0.717) is 11.5 Å². The maximum Gasteiger partial charge on any atom is 0.440 e. The van der Waals surface area contributed by atoms with Crippen molar-refractivity contribution in [3.05, 3.63) is 24.3 Å². The fourth-order valence-electron chi connectivity index (χ4n) is 1.42. The first-order valence-electron chi connectivity index (χ1n) is 6.36. The first-order chi connectivity index (χ1) is 9.75. The van der Waals surface area contributed by atoms with Gasteiger partial charge in [-0.2, -0.15) is 0 Å². The fourth-order valence-corrected chi connectivity index (χ4v) is 5.42. The van der Waals surface area contributed by atoms with Gasteiger partial charge in [-0.15, -0.1) is 0 Å². The highest BCUT2D eigenvalue weighted by Crippen LogP contribution is 2.59. The standard InChI is InChI=1S/C12H20NO5PS2/c1-5-17-19(14,20-6-2)18-11-7-9-12(10-8-11)21(15,16)13(3)4/h7-10H,5-6H2,1-4H3. The van der Waals surface area contributed by atoms with E-state index in [2.05, 4.69) is 0 Å². The van der Waals surface area contributed by atoms with Crippen LogP contribution in [0.15, 0.2) is 29.2 Å². The minimum Gasteiger partial charge on any atom is -0.417 e. The molecule has 120 valence electrons. The molecule has 0 bridgehead atoms. The SMILES string of the molecule is CCOP(=O)(Oc1ccc(S(=O)(=O)N(C)C)cc1)SCC. The van der Waals surface area contributed by atoms with Crippen molar-refractivity contribution in [2.45, 2.75) is 18.7 Å². The van der Waals surface area contributed by atoms with Gasteiger partial charge in [-0.25, -0.2) is 17.3 Å². The van der Waals surface area contributed by atoms with Gasteiger partial charge in [0.2, 0.25) is 10.0 Å². The predicted octanol–water partition coefficient (Wildman–Crippen LogP) is 3.21. The Morgan fingerprint density at radius 2 is 1.76 bits per heavy atom. The molecule has 9 heteroatoms. The van der Waals surface area contributed by atoms with Crippen LogP contribution in [-0.4, -0.2) is 39.2 Å². The highest BCUT2D eigenvalue weighted by molar-refractivity contribution is 8.55. The summed E-state index contributed by atoms with van der Waals surface area (Å²) in [6.45, 7) is 0.605. The highest BCUT2D eigenvalue weighted by atomic mass is 32.7. The van der Waals surface area contributed by atoms with E-state index < -0.39 is 16.8 Å². The number of sulfonamides is 1. The van der Waals surface area contributed by atoms with Gasteiger partial charge < -0.3 is 4.52 Å². The van der Waals surface area contributed by atoms with Crippen LogP contribution < -0.4 is 4.52 Å². The van der Waals surface area contributed by atoms with Gasteiger partial charge in [0.05, 0.1) is 11.5 Å². The molecule has 0 aromatic heterocycles. The summed E-state index contributed by atoms with van der Waals surface area (Å²) in [6.07, 6.45) is 0. The van der Waals surface area contributed by atoms with Crippen molar-refractivity contribution < 1.29 is 22.0 Å². The Morgan fingerprint density at radius 1 is 1.19 bits per heavy atom. The summed E-state index contributed by atoms with van der Waals surface area (Å²) in [5.41, 5.74) is 0. The van der Waals surface area contributed by atoms with Gasteiger partial charge in [0.1, 0.15) is 5.75 Å². The second kappa shape index (κ2) is 7.65. The Morgan fingerprint density at radius 3 is 2.19 bits per heavy atom. The fraction of sp³-hybridized carbons (Fsp3) is 0.500. The Bertz CT molecular complexity index is 591. The van der Waals surface area contributed by atoms with Crippen molar-refractivity contribution in [2.24, 2.45) is 0 Å². The summed E-state index contributed by atoms with van der Waals surface area (Å²) in [5.74, 6) is 0.898. The van der Waals surface area contributed by atoms with E-state index in [1.54, 1.807) is 6.92 Å². The van der Waals surface area contributed by atoms with Crippen molar-refractivity contribution >= 4 is 28.2 Å². The zero-order chi connectivity index (χ0) is 16.1. The summed E-state index contributed by atoms with van der Waals surface area (Å²) in [4.78, 5) is 0.147. The lowest BCUT2D eigenvalue weighted by atomic mass is 10.3. The van der Waals surface area contributed by atoms with Crippen LogP contribution in [-0.2, 0) is 19.1 Å². The third-order valence-electron chi connectivity index (χ3n) is 2.39. The smallest absolute Gasteiger partial charge is 0.417 e. The maximum atomic E-state index is 12.4. The van der Waals surface area contributed by atoms with E-state index >= 15 is 0 Å². The first kappa shape index (κ1) is 18.5. The van der Waals surface area contributed by atoms with Crippen molar-refractivity contribution in [3.63, 3.8) is 0 Å². The van der Waals surface area contributed by atoms with Gasteiger partial charge in [0, 0.05) is 19.8 Å². The average molecular weight is 353 g/mol. The zero-order valence-electron chi connectivity index (χ0n) is 12.5. The number of nitrogens with zero attached hydrogens (tertiary/aromatic N) is 1. The molecular formula is C12H20NO5PS2. The number of hydrogen-bond donors (Lipinski definition) is 0. The molecule has 1 aromatic carbocycles. The van der Waals surface area contributed by atoms with Crippen LogP contribution in [0.3, 0.4) is 0 Å². The molecule has 0 saturated carbocycles. The molecule has 1 atom stereocenters. The Balaban J connectivity index is 2.95. The van der Waals surface area contributed by atoms with Gasteiger partial charge in [0.25, 0.3) is 0 Å². The second-order valence-electron chi connectivity index (χ2n) is 4.13. The van der Waals surface area contributed by atoms with Crippen LogP contribution in [0.4, 0.5) is 0 Å². The normalized spacial score (nSPS) is 14.9. The molecule has 6 nitrogen and oxygen atoms in total. The summed E-state index contributed by atoms with van der Waals surface area (Å²) in [7, 11) is -0.567. The molecule has 21 heavy (non-hydrogen) atoms. The molecule has 0 aliphatic rings. The molecule has 0 saturated heterocycles. The lowest BCUT2D eigenvalue weighted by Gasteiger charge is -2.17. The molecule has 0 radical (unpaired) electrons. The molecule has 0 spiro atoms. The minimum absolute atomic E-state index is 0.147. The lowest BCUT2D eigenvalue weighted by molar-refractivity contribution is 0.296. The van der Waals surface area contributed by atoms with Crippen molar-refractivity contribution in [1.82, 2.24) is 4.31 Å². The van der Waals surface area contributed by atoms with Gasteiger partial charge in [-0.3, -0.25) is 4.52 Å². The Kier molecular flexibility index (Phi) is 6.74. The summed E-state index contributed by atoms with van der Waals surface area (Å²) in [6, 6.07) is 5.77. The molecule has 1 aromatic rings. The highest BCUT2D eigenvalue weighted by Gasteiger charge is 2.26. The molecule has 0 aliphatic heterocycles. The molecule has 1 rings (SSSR count). The van der Waals surface area contributed by atoms with E-state index in [1.165, 1.54) is 38.4 Å². The zero-order valence-corrected chi connectivity index (χ0v) is 15.0. The van der Waals surface area contributed by atoms with E-state index in [9.17, 15) is 13.0 Å². The topological polar surface area (TPSA) is 72.9 Å². The predicted molar refractivity (Wildman–Crippen MR) is 85.3 cm³/mol.